The minimum atomic E-state index is -5.58. The third-order valence-electron chi connectivity index (χ3n) is 3.89. The van der Waals surface area contributed by atoms with Gasteiger partial charge in [0.05, 0.1) is 0 Å². The Morgan fingerprint density at radius 1 is 0.531 bits per heavy atom. The van der Waals surface area contributed by atoms with E-state index in [2.05, 4.69) is 9.47 Å². The molecule has 0 unspecified atom stereocenters. The first-order valence-electron chi connectivity index (χ1n) is 8.23. The lowest BCUT2D eigenvalue weighted by Crippen LogP contribution is -2.13. The molecule has 0 aliphatic carbocycles. The molecule has 0 aliphatic rings. The molecular formula is C19H9F9N2O2. The fourth-order valence-corrected chi connectivity index (χ4v) is 2.55. The zero-order valence-electron chi connectivity index (χ0n) is 15.3. The molecule has 170 valence electrons. The third kappa shape index (κ3) is 4.31. The predicted octanol–water partition coefficient (Wildman–Crippen LogP) is 6.29. The summed E-state index contributed by atoms with van der Waals surface area (Å²) in [6.07, 6.45) is -5.58. The Morgan fingerprint density at radius 2 is 0.938 bits per heavy atom. The van der Waals surface area contributed by atoms with Gasteiger partial charge in [-0.1, -0.05) is 0 Å². The molecule has 3 rings (SSSR count). The van der Waals surface area contributed by atoms with Gasteiger partial charge in [-0.15, -0.1) is 0 Å². The monoisotopic (exact) mass is 468 g/mol. The number of halogens is 9. The van der Waals surface area contributed by atoms with Crippen molar-refractivity contribution in [3.63, 3.8) is 0 Å². The highest BCUT2D eigenvalue weighted by atomic mass is 19.4. The summed E-state index contributed by atoms with van der Waals surface area (Å²) in [7, 11) is 0. The van der Waals surface area contributed by atoms with E-state index < -0.39 is 81.0 Å². The predicted molar refractivity (Wildman–Crippen MR) is 93.0 cm³/mol. The molecule has 0 fully saturated rings. The first-order chi connectivity index (χ1) is 14.8. The number of nitrogen functional groups attached to an aromatic ring is 2. The average Bonchev–Trinajstić information content (AvgIpc) is 2.66. The second kappa shape index (κ2) is 8.05. The maximum Gasteiger partial charge on any atom is 0.422 e. The molecule has 3 aromatic carbocycles. The van der Waals surface area contributed by atoms with Gasteiger partial charge in [0.15, 0.2) is 34.7 Å². The lowest BCUT2D eigenvalue weighted by atomic mass is 10.1. The van der Waals surface area contributed by atoms with Crippen LogP contribution in [-0.4, -0.2) is 0 Å². The fraction of sp³-hybridized carbons (Fsp3) is 0.0526. The van der Waals surface area contributed by atoms with Gasteiger partial charge in [0.25, 0.3) is 0 Å². The second-order valence-electron chi connectivity index (χ2n) is 6.21. The van der Waals surface area contributed by atoms with Crippen LogP contribution in [0.1, 0.15) is 5.56 Å². The maximum atomic E-state index is 14.3. The van der Waals surface area contributed by atoms with Gasteiger partial charge in [-0.3, -0.25) is 0 Å². The second-order valence-corrected chi connectivity index (χ2v) is 6.21. The van der Waals surface area contributed by atoms with E-state index >= 15 is 0 Å². The van der Waals surface area contributed by atoms with Gasteiger partial charge >= 0.3 is 6.18 Å². The lowest BCUT2D eigenvalue weighted by Gasteiger charge is -2.18. The molecule has 0 atom stereocenters. The van der Waals surface area contributed by atoms with Crippen LogP contribution in [0, 0.1) is 34.9 Å². The van der Waals surface area contributed by atoms with E-state index in [4.69, 9.17) is 11.5 Å². The molecule has 0 spiro atoms. The quantitative estimate of drug-likeness (QED) is 0.349. The van der Waals surface area contributed by atoms with Crippen molar-refractivity contribution in [1.29, 1.82) is 0 Å². The SMILES string of the molecule is Nc1cc(F)c(F)c(Oc2cc(Oc3cc(N)cc(F)c3F)c(C(F)(F)F)c(F)c2F)c1. The summed E-state index contributed by atoms with van der Waals surface area (Å²) in [6, 6.07) is 2.32. The summed E-state index contributed by atoms with van der Waals surface area (Å²) < 4.78 is 133. The van der Waals surface area contributed by atoms with Gasteiger partial charge < -0.3 is 20.9 Å². The minimum absolute atomic E-state index is 0.0856. The first kappa shape index (κ1) is 22.9. The molecule has 13 heteroatoms. The van der Waals surface area contributed by atoms with Crippen LogP contribution in [0.25, 0.3) is 0 Å². The number of nitrogens with two attached hydrogens (primary N) is 2. The average molecular weight is 468 g/mol. The number of hydrogen-bond donors (Lipinski definition) is 2. The molecule has 0 radical (unpaired) electrons. The molecule has 4 nitrogen and oxygen atoms in total. The van der Waals surface area contributed by atoms with E-state index in [1.54, 1.807) is 0 Å². The number of rotatable bonds is 4. The number of alkyl halides is 3. The highest BCUT2D eigenvalue weighted by molar-refractivity contribution is 5.52. The van der Waals surface area contributed by atoms with Crippen molar-refractivity contribution in [3.8, 4) is 23.0 Å². The van der Waals surface area contributed by atoms with E-state index in [0.717, 1.165) is 0 Å². The zero-order chi connectivity index (χ0) is 24.0. The summed E-state index contributed by atoms with van der Waals surface area (Å²) in [5.74, 6) is -16.8. The van der Waals surface area contributed by atoms with Gasteiger partial charge in [-0.2, -0.15) is 26.3 Å². The molecular weight excluding hydrogens is 459 g/mol. The van der Waals surface area contributed by atoms with E-state index in [1.165, 1.54) is 0 Å². The lowest BCUT2D eigenvalue weighted by molar-refractivity contribution is -0.141. The van der Waals surface area contributed by atoms with Crippen LogP contribution in [-0.2, 0) is 6.18 Å². The smallest absolute Gasteiger partial charge is 0.422 e. The van der Waals surface area contributed by atoms with Crippen molar-refractivity contribution in [1.82, 2.24) is 0 Å². The van der Waals surface area contributed by atoms with Crippen LogP contribution in [0.4, 0.5) is 50.9 Å². The number of ether oxygens (including phenoxy) is 2. The molecule has 0 saturated heterocycles. The topological polar surface area (TPSA) is 70.5 Å². The molecule has 4 N–H and O–H groups in total. The van der Waals surface area contributed by atoms with E-state index in [9.17, 15) is 39.5 Å². The molecule has 0 saturated carbocycles. The minimum Gasteiger partial charge on any atom is -0.453 e. The summed E-state index contributed by atoms with van der Waals surface area (Å²) in [5.41, 5.74) is 7.34. The van der Waals surface area contributed by atoms with Crippen molar-refractivity contribution in [2.45, 2.75) is 6.18 Å². The van der Waals surface area contributed by atoms with E-state index in [1.807, 2.05) is 0 Å². The Kier molecular flexibility index (Phi) is 5.76. The van der Waals surface area contributed by atoms with Crippen LogP contribution in [0.5, 0.6) is 23.0 Å². The Labute approximate surface area is 172 Å². The van der Waals surface area contributed by atoms with Crippen LogP contribution in [0.15, 0.2) is 30.3 Å². The van der Waals surface area contributed by atoms with E-state index in [0.29, 0.717) is 24.3 Å². The Bertz CT molecular complexity index is 1210. The highest BCUT2D eigenvalue weighted by Gasteiger charge is 2.41. The number of anilines is 2. The summed E-state index contributed by atoms with van der Waals surface area (Å²) >= 11 is 0. The van der Waals surface area contributed by atoms with Gasteiger partial charge in [-0.05, 0) is 0 Å². The summed E-state index contributed by atoms with van der Waals surface area (Å²) in [5, 5.41) is 0. The molecule has 0 aromatic heterocycles. The van der Waals surface area contributed by atoms with Crippen molar-refractivity contribution in [3.05, 3.63) is 70.8 Å². The van der Waals surface area contributed by atoms with Crippen LogP contribution in [0.2, 0.25) is 0 Å². The summed E-state index contributed by atoms with van der Waals surface area (Å²) in [6.45, 7) is 0. The number of hydrogen-bond acceptors (Lipinski definition) is 4. The van der Waals surface area contributed by atoms with Crippen LogP contribution in [0.3, 0.4) is 0 Å². The molecule has 0 aliphatic heterocycles. The van der Waals surface area contributed by atoms with Crippen molar-refractivity contribution >= 4 is 11.4 Å². The normalized spacial score (nSPS) is 11.5. The Hall–Kier alpha value is -3.77. The zero-order valence-corrected chi connectivity index (χ0v) is 15.3. The van der Waals surface area contributed by atoms with Crippen LogP contribution < -0.4 is 20.9 Å². The van der Waals surface area contributed by atoms with Crippen molar-refractivity contribution < 1.29 is 49.0 Å². The fourth-order valence-electron chi connectivity index (χ4n) is 2.55. The van der Waals surface area contributed by atoms with Crippen molar-refractivity contribution in [2.75, 3.05) is 11.5 Å². The highest BCUT2D eigenvalue weighted by Crippen LogP contribution is 2.45. The maximum absolute atomic E-state index is 14.3. The van der Waals surface area contributed by atoms with Gasteiger partial charge in [-0.25, -0.2) is 13.2 Å². The number of benzene rings is 3. The van der Waals surface area contributed by atoms with Gasteiger partial charge in [0.2, 0.25) is 17.5 Å². The van der Waals surface area contributed by atoms with Gasteiger partial charge in [0, 0.05) is 41.7 Å². The first-order valence-corrected chi connectivity index (χ1v) is 8.23. The third-order valence-corrected chi connectivity index (χ3v) is 3.89. The standard InChI is InChI=1S/C19H9F9N2O2/c20-8-1-6(29)3-11(15(8)22)31-10-5-13(17(24)18(25)14(10)19(26,27)28)32-12-4-7(30)2-9(21)16(12)23/h1-5H,29-30H2. The Morgan fingerprint density at radius 3 is 1.38 bits per heavy atom. The Balaban J connectivity index is 2.19. The molecule has 0 bridgehead atoms. The largest absolute Gasteiger partial charge is 0.453 e. The molecule has 0 heterocycles. The van der Waals surface area contributed by atoms with E-state index in [-0.39, 0.29) is 6.07 Å². The molecule has 0 amide bonds. The molecule has 3 aromatic rings. The molecule has 32 heavy (non-hydrogen) atoms. The summed E-state index contributed by atoms with van der Waals surface area (Å²) in [4.78, 5) is 0. The van der Waals surface area contributed by atoms with Gasteiger partial charge in [0.1, 0.15) is 11.3 Å². The van der Waals surface area contributed by atoms with Crippen LogP contribution >= 0.6 is 0 Å². The van der Waals surface area contributed by atoms with Crippen molar-refractivity contribution in [2.24, 2.45) is 0 Å².